The third kappa shape index (κ3) is 5.69. The number of nitrogens with one attached hydrogen (secondary N) is 1. The summed E-state index contributed by atoms with van der Waals surface area (Å²) >= 11 is 0. The highest BCUT2D eigenvalue weighted by molar-refractivity contribution is 5.88. The molecular formula is C16H19F3N2O3. The van der Waals surface area contributed by atoms with Crippen LogP contribution < -0.4 is 11.1 Å². The molecule has 0 saturated carbocycles. The van der Waals surface area contributed by atoms with Crippen LogP contribution in [0.5, 0.6) is 0 Å². The fourth-order valence-corrected chi connectivity index (χ4v) is 2.01. The molecular weight excluding hydrogens is 325 g/mol. The molecule has 8 heteroatoms. The minimum atomic E-state index is -4.51. The number of rotatable bonds is 8. The van der Waals surface area contributed by atoms with Crippen molar-refractivity contribution in [3.63, 3.8) is 0 Å². The molecule has 0 heterocycles. The molecule has 0 aromatic heterocycles. The van der Waals surface area contributed by atoms with Crippen LogP contribution >= 0.6 is 0 Å². The van der Waals surface area contributed by atoms with Gasteiger partial charge in [0.05, 0.1) is 5.56 Å². The van der Waals surface area contributed by atoms with E-state index in [2.05, 4.69) is 11.9 Å². The first-order chi connectivity index (χ1) is 11.2. The highest BCUT2D eigenvalue weighted by atomic mass is 19.4. The molecule has 0 fully saturated rings. The summed E-state index contributed by atoms with van der Waals surface area (Å²) in [6, 6.07) is 2.57. The molecule has 0 saturated heterocycles. The van der Waals surface area contributed by atoms with E-state index in [0.29, 0.717) is 12.8 Å². The van der Waals surface area contributed by atoms with Crippen molar-refractivity contribution in [1.29, 1.82) is 0 Å². The Morgan fingerprint density at radius 2 is 1.88 bits per heavy atom. The first-order valence-electron chi connectivity index (χ1n) is 7.22. The van der Waals surface area contributed by atoms with Crippen molar-refractivity contribution in [2.75, 3.05) is 0 Å². The number of hydrogen-bond donors (Lipinski definition) is 3. The number of alkyl halides is 3. The number of unbranched alkanes of at least 4 members (excludes halogenated alkanes) is 1. The summed E-state index contributed by atoms with van der Waals surface area (Å²) < 4.78 is 37.5. The third-order valence-corrected chi connectivity index (χ3v) is 3.36. The van der Waals surface area contributed by atoms with E-state index in [1.54, 1.807) is 6.08 Å². The average molecular weight is 344 g/mol. The number of carbonyl (C=O) groups excluding carboxylic acids is 2. The second kappa shape index (κ2) is 8.49. The van der Waals surface area contributed by atoms with Gasteiger partial charge in [-0.15, -0.1) is 6.58 Å². The highest BCUT2D eigenvalue weighted by Gasteiger charge is 2.31. The third-order valence-electron chi connectivity index (χ3n) is 3.36. The summed E-state index contributed by atoms with van der Waals surface area (Å²) in [4.78, 5) is 23.3. The van der Waals surface area contributed by atoms with E-state index in [9.17, 15) is 27.9 Å². The molecule has 0 spiro atoms. The van der Waals surface area contributed by atoms with Crippen LogP contribution in [0.2, 0.25) is 0 Å². The predicted octanol–water partition coefficient (Wildman–Crippen LogP) is 2.07. The van der Waals surface area contributed by atoms with Crippen LogP contribution in [0.4, 0.5) is 13.2 Å². The molecule has 2 amide bonds. The van der Waals surface area contributed by atoms with Crippen molar-refractivity contribution < 1.29 is 27.9 Å². The van der Waals surface area contributed by atoms with E-state index < -0.39 is 35.7 Å². The number of aliphatic hydroxyl groups excluding tert-OH is 1. The lowest BCUT2D eigenvalue weighted by molar-refractivity contribution is -0.137. The van der Waals surface area contributed by atoms with Gasteiger partial charge >= 0.3 is 6.18 Å². The van der Waals surface area contributed by atoms with Crippen molar-refractivity contribution >= 4 is 11.8 Å². The number of benzene rings is 1. The quantitative estimate of drug-likeness (QED) is 0.498. The monoisotopic (exact) mass is 344 g/mol. The number of amides is 2. The number of allylic oxidation sites excluding steroid dienone is 1. The lowest BCUT2D eigenvalue weighted by atomic mass is 10.0. The number of carbonyl (C=O) groups is 2. The zero-order valence-electron chi connectivity index (χ0n) is 12.8. The van der Waals surface area contributed by atoms with Gasteiger partial charge < -0.3 is 16.2 Å². The summed E-state index contributed by atoms with van der Waals surface area (Å²) in [5, 5.41) is 12.2. The van der Waals surface area contributed by atoms with E-state index in [1.165, 1.54) is 0 Å². The van der Waals surface area contributed by atoms with Gasteiger partial charge in [-0.2, -0.15) is 13.2 Å². The lowest BCUT2D eigenvalue weighted by Gasteiger charge is -2.18. The molecule has 0 aliphatic rings. The first kappa shape index (κ1) is 19.7. The minimum Gasteiger partial charge on any atom is -0.378 e. The van der Waals surface area contributed by atoms with E-state index >= 15 is 0 Å². The summed E-state index contributed by atoms with van der Waals surface area (Å²) in [5.74, 6) is -1.66. The Balaban J connectivity index is 2.75. The fourth-order valence-electron chi connectivity index (χ4n) is 2.01. The summed E-state index contributed by atoms with van der Waals surface area (Å²) in [7, 11) is 0. The number of nitrogens with two attached hydrogens (primary N) is 1. The van der Waals surface area contributed by atoms with Crippen LogP contribution in [0.25, 0.3) is 0 Å². The molecule has 0 aliphatic heterocycles. The molecule has 1 aromatic rings. The lowest BCUT2D eigenvalue weighted by Crippen LogP contribution is -2.46. The maximum absolute atomic E-state index is 12.5. The van der Waals surface area contributed by atoms with Crippen molar-refractivity contribution in [1.82, 2.24) is 5.32 Å². The zero-order valence-corrected chi connectivity index (χ0v) is 12.8. The van der Waals surface area contributed by atoms with Gasteiger partial charge in [0.25, 0.3) is 5.91 Å². The molecule has 0 bridgehead atoms. The maximum Gasteiger partial charge on any atom is 0.416 e. The van der Waals surface area contributed by atoms with Gasteiger partial charge in [-0.25, -0.2) is 0 Å². The Morgan fingerprint density at radius 3 is 2.33 bits per heavy atom. The molecule has 1 rings (SSSR count). The maximum atomic E-state index is 12.5. The van der Waals surface area contributed by atoms with E-state index in [4.69, 9.17) is 5.73 Å². The second-order valence-corrected chi connectivity index (χ2v) is 5.21. The number of primary amides is 1. The normalized spacial score (nSPS) is 13.8. The van der Waals surface area contributed by atoms with Crippen LogP contribution in [-0.2, 0) is 15.8 Å². The van der Waals surface area contributed by atoms with Gasteiger partial charge in [0.2, 0.25) is 5.91 Å². The number of hydrogen-bond acceptors (Lipinski definition) is 3. The van der Waals surface area contributed by atoms with Crippen molar-refractivity contribution in [3.8, 4) is 0 Å². The fraction of sp³-hybridized carbons (Fsp3) is 0.375. The Morgan fingerprint density at radius 1 is 1.29 bits per heavy atom. The van der Waals surface area contributed by atoms with Gasteiger partial charge in [-0.3, -0.25) is 9.59 Å². The minimum absolute atomic E-state index is 0.0187. The van der Waals surface area contributed by atoms with E-state index in [-0.39, 0.29) is 12.0 Å². The molecule has 132 valence electrons. The molecule has 4 N–H and O–H groups in total. The van der Waals surface area contributed by atoms with Gasteiger partial charge in [0.15, 0.2) is 6.10 Å². The van der Waals surface area contributed by atoms with Gasteiger partial charge in [0, 0.05) is 0 Å². The zero-order chi connectivity index (χ0) is 18.3. The van der Waals surface area contributed by atoms with Crippen LogP contribution in [0, 0.1) is 0 Å². The summed E-state index contributed by atoms with van der Waals surface area (Å²) in [5.41, 5.74) is 4.28. The Bertz CT molecular complexity index is 585. The average Bonchev–Trinajstić information content (AvgIpc) is 2.52. The number of aliphatic hydroxyl groups is 1. The SMILES string of the molecule is C=CCCC[C@@H](NC(=O)[C@@H](O)c1ccc(C(F)(F)F)cc1)C(N)=O. The number of halogens is 3. The summed E-state index contributed by atoms with van der Waals surface area (Å²) in [6.45, 7) is 3.53. The van der Waals surface area contributed by atoms with E-state index in [1.807, 2.05) is 0 Å². The van der Waals surface area contributed by atoms with Crippen molar-refractivity contribution in [3.05, 3.63) is 48.0 Å². The van der Waals surface area contributed by atoms with Crippen LogP contribution in [0.1, 0.15) is 36.5 Å². The Hall–Kier alpha value is -2.35. The highest BCUT2D eigenvalue weighted by Crippen LogP contribution is 2.29. The standard InChI is InChI=1S/C16H19F3N2O3/c1-2-3-4-5-12(14(20)23)21-15(24)13(22)10-6-8-11(9-7-10)16(17,18)19/h2,6-9,12-13,22H,1,3-5H2,(H2,20,23)(H,21,24)/t12-,13+/m1/s1. The molecule has 2 atom stereocenters. The van der Waals surface area contributed by atoms with Gasteiger partial charge in [-0.1, -0.05) is 18.2 Å². The molecule has 0 radical (unpaired) electrons. The first-order valence-corrected chi connectivity index (χ1v) is 7.22. The van der Waals surface area contributed by atoms with Crippen molar-refractivity contribution in [2.24, 2.45) is 5.73 Å². The molecule has 5 nitrogen and oxygen atoms in total. The summed E-state index contributed by atoms with van der Waals surface area (Å²) in [6.07, 6.45) is -3.10. The smallest absolute Gasteiger partial charge is 0.378 e. The Kier molecular flexibility index (Phi) is 6.97. The van der Waals surface area contributed by atoms with Crippen LogP contribution in [0.15, 0.2) is 36.9 Å². The van der Waals surface area contributed by atoms with Crippen LogP contribution in [-0.4, -0.2) is 23.0 Å². The van der Waals surface area contributed by atoms with Gasteiger partial charge in [-0.05, 0) is 37.0 Å². The van der Waals surface area contributed by atoms with Gasteiger partial charge in [0.1, 0.15) is 6.04 Å². The molecule has 0 aliphatic carbocycles. The second-order valence-electron chi connectivity index (χ2n) is 5.21. The molecule has 1 aromatic carbocycles. The molecule has 24 heavy (non-hydrogen) atoms. The largest absolute Gasteiger partial charge is 0.416 e. The topological polar surface area (TPSA) is 92.4 Å². The Labute approximate surface area is 137 Å². The van der Waals surface area contributed by atoms with E-state index in [0.717, 1.165) is 24.3 Å². The predicted molar refractivity (Wildman–Crippen MR) is 81.6 cm³/mol. The molecule has 0 unspecified atom stereocenters. The van der Waals surface area contributed by atoms with Crippen LogP contribution in [0.3, 0.4) is 0 Å². The van der Waals surface area contributed by atoms with Crippen molar-refractivity contribution in [2.45, 2.75) is 37.6 Å².